The molecule has 0 aliphatic carbocycles. The topological polar surface area (TPSA) is 63.4 Å². The molecular weight excluding hydrogens is 188 g/mol. The minimum atomic E-state index is -0.584. The molecule has 1 aliphatic heterocycles. The normalized spacial score (nSPS) is 17.7. The summed E-state index contributed by atoms with van der Waals surface area (Å²) in [7, 11) is 0. The van der Waals surface area contributed by atoms with Gasteiger partial charge in [-0.2, -0.15) is 11.8 Å². The lowest BCUT2D eigenvalue weighted by Crippen LogP contribution is -2.36. The van der Waals surface area contributed by atoms with Gasteiger partial charge < -0.3 is 10.6 Å². The number of thioether (sulfide) groups is 1. The lowest BCUT2D eigenvalue weighted by Gasteiger charge is -2.24. The van der Waals surface area contributed by atoms with Gasteiger partial charge >= 0.3 is 0 Å². The fourth-order valence-electron chi connectivity index (χ4n) is 1.04. The molecule has 0 unspecified atom stereocenters. The first-order chi connectivity index (χ1) is 6.20. The van der Waals surface area contributed by atoms with Crippen LogP contribution in [0.1, 0.15) is 0 Å². The molecule has 0 bridgehead atoms. The summed E-state index contributed by atoms with van der Waals surface area (Å²) >= 11 is 1.83. The number of amides is 2. The van der Waals surface area contributed by atoms with Crippen molar-refractivity contribution in [3.8, 4) is 0 Å². The van der Waals surface area contributed by atoms with Crippen molar-refractivity contribution in [2.24, 2.45) is 5.73 Å². The van der Waals surface area contributed by atoms with Crippen LogP contribution in [-0.4, -0.2) is 41.3 Å². The Kier molecular flexibility index (Phi) is 3.82. The Morgan fingerprint density at radius 1 is 1.23 bits per heavy atom. The highest BCUT2D eigenvalue weighted by Crippen LogP contribution is 2.09. The van der Waals surface area contributed by atoms with Crippen molar-refractivity contribution in [1.82, 2.24) is 4.90 Å². The van der Waals surface area contributed by atoms with Crippen molar-refractivity contribution in [3.05, 3.63) is 12.2 Å². The van der Waals surface area contributed by atoms with Crippen LogP contribution in [0.25, 0.3) is 0 Å². The van der Waals surface area contributed by atoms with Crippen molar-refractivity contribution >= 4 is 23.6 Å². The lowest BCUT2D eigenvalue weighted by atomic mass is 10.4. The Hall–Kier alpha value is -0.970. The third-order valence-electron chi connectivity index (χ3n) is 1.71. The standard InChI is InChI=1S/C8H12N2O2S/c9-7(11)1-2-8(12)10-3-5-13-6-4-10/h1-2H,3-6H2,(H2,9,11)/b2-1+. The molecule has 2 amide bonds. The minimum Gasteiger partial charge on any atom is -0.366 e. The Morgan fingerprint density at radius 2 is 1.85 bits per heavy atom. The highest BCUT2D eigenvalue weighted by Gasteiger charge is 2.13. The van der Waals surface area contributed by atoms with Gasteiger partial charge in [-0.25, -0.2) is 0 Å². The number of primary amides is 1. The molecule has 0 radical (unpaired) electrons. The molecule has 2 N–H and O–H groups in total. The van der Waals surface area contributed by atoms with E-state index in [4.69, 9.17) is 5.73 Å². The molecule has 0 aromatic rings. The van der Waals surface area contributed by atoms with Gasteiger partial charge in [0.15, 0.2) is 0 Å². The molecule has 0 aromatic heterocycles. The molecular formula is C8H12N2O2S. The van der Waals surface area contributed by atoms with E-state index in [2.05, 4.69) is 0 Å². The summed E-state index contributed by atoms with van der Waals surface area (Å²) in [5.41, 5.74) is 4.87. The molecule has 1 heterocycles. The fraction of sp³-hybridized carbons (Fsp3) is 0.500. The molecule has 4 nitrogen and oxygen atoms in total. The van der Waals surface area contributed by atoms with Crippen LogP contribution in [0.3, 0.4) is 0 Å². The first-order valence-corrected chi connectivity index (χ1v) is 5.20. The van der Waals surface area contributed by atoms with Crippen LogP contribution in [0.4, 0.5) is 0 Å². The summed E-state index contributed by atoms with van der Waals surface area (Å²) < 4.78 is 0. The Bertz CT molecular complexity index is 234. The van der Waals surface area contributed by atoms with E-state index >= 15 is 0 Å². The van der Waals surface area contributed by atoms with E-state index in [-0.39, 0.29) is 5.91 Å². The fourth-order valence-corrected chi connectivity index (χ4v) is 1.95. The van der Waals surface area contributed by atoms with Gasteiger partial charge in [0, 0.05) is 36.7 Å². The van der Waals surface area contributed by atoms with Gasteiger partial charge in [0.1, 0.15) is 0 Å². The zero-order valence-electron chi connectivity index (χ0n) is 7.23. The number of hydrogen-bond acceptors (Lipinski definition) is 3. The molecule has 5 heteroatoms. The third-order valence-corrected chi connectivity index (χ3v) is 2.66. The maximum atomic E-state index is 11.3. The van der Waals surface area contributed by atoms with Crippen LogP contribution < -0.4 is 5.73 Å². The second-order valence-corrected chi connectivity index (χ2v) is 3.90. The first kappa shape index (κ1) is 10.1. The summed E-state index contributed by atoms with van der Waals surface area (Å²) in [6.45, 7) is 1.51. The molecule has 0 saturated carbocycles. The summed E-state index contributed by atoms with van der Waals surface area (Å²) in [6.07, 6.45) is 2.34. The molecule has 1 saturated heterocycles. The maximum absolute atomic E-state index is 11.3. The Labute approximate surface area is 81.1 Å². The Balaban J connectivity index is 2.41. The average Bonchev–Trinajstić information content (AvgIpc) is 2.15. The maximum Gasteiger partial charge on any atom is 0.246 e. The summed E-state index contributed by atoms with van der Waals surface area (Å²) in [4.78, 5) is 23.4. The van der Waals surface area contributed by atoms with E-state index in [1.165, 1.54) is 6.08 Å². The van der Waals surface area contributed by atoms with Gasteiger partial charge in [0.2, 0.25) is 11.8 Å². The largest absolute Gasteiger partial charge is 0.366 e. The van der Waals surface area contributed by atoms with E-state index in [0.717, 1.165) is 30.7 Å². The van der Waals surface area contributed by atoms with Crippen LogP contribution in [0, 0.1) is 0 Å². The molecule has 1 rings (SSSR count). The van der Waals surface area contributed by atoms with Crippen molar-refractivity contribution in [2.75, 3.05) is 24.6 Å². The highest BCUT2D eigenvalue weighted by atomic mass is 32.2. The second kappa shape index (κ2) is 4.91. The van der Waals surface area contributed by atoms with Crippen LogP contribution in [-0.2, 0) is 9.59 Å². The van der Waals surface area contributed by atoms with Crippen molar-refractivity contribution in [2.45, 2.75) is 0 Å². The molecule has 72 valence electrons. The minimum absolute atomic E-state index is 0.126. The predicted octanol–water partition coefficient (Wildman–Crippen LogP) is -0.397. The molecule has 0 atom stereocenters. The van der Waals surface area contributed by atoms with Crippen LogP contribution in [0.15, 0.2) is 12.2 Å². The number of nitrogens with zero attached hydrogens (tertiary/aromatic N) is 1. The number of carbonyl (C=O) groups is 2. The lowest BCUT2D eigenvalue weighted by molar-refractivity contribution is -0.126. The predicted molar refractivity (Wildman–Crippen MR) is 52.2 cm³/mol. The third kappa shape index (κ3) is 3.50. The van der Waals surface area contributed by atoms with E-state index in [9.17, 15) is 9.59 Å². The highest BCUT2D eigenvalue weighted by molar-refractivity contribution is 7.99. The monoisotopic (exact) mass is 200 g/mol. The zero-order valence-corrected chi connectivity index (χ0v) is 8.05. The zero-order chi connectivity index (χ0) is 9.68. The van der Waals surface area contributed by atoms with Gasteiger partial charge in [-0.15, -0.1) is 0 Å². The summed E-state index contributed by atoms with van der Waals surface area (Å²) in [6, 6.07) is 0. The van der Waals surface area contributed by atoms with Gasteiger partial charge in [0.25, 0.3) is 0 Å². The smallest absolute Gasteiger partial charge is 0.246 e. The number of nitrogens with two attached hydrogens (primary N) is 1. The molecule has 13 heavy (non-hydrogen) atoms. The second-order valence-electron chi connectivity index (χ2n) is 2.67. The molecule has 0 spiro atoms. The van der Waals surface area contributed by atoms with Crippen molar-refractivity contribution < 1.29 is 9.59 Å². The average molecular weight is 200 g/mol. The quantitative estimate of drug-likeness (QED) is 0.617. The van der Waals surface area contributed by atoms with Crippen molar-refractivity contribution in [1.29, 1.82) is 0 Å². The summed E-state index contributed by atoms with van der Waals surface area (Å²) in [5, 5.41) is 0. The number of hydrogen-bond donors (Lipinski definition) is 1. The SMILES string of the molecule is NC(=O)/C=C/C(=O)N1CCSCC1. The molecule has 1 aliphatic rings. The van der Waals surface area contributed by atoms with Crippen LogP contribution >= 0.6 is 11.8 Å². The molecule has 1 fully saturated rings. The van der Waals surface area contributed by atoms with Crippen molar-refractivity contribution in [3.63, 3.8) is 0 Å². The van der Waals surface area contributed by atoms with E-state index < -0.39 is 5.91 Å². The Morgan fingerprint density at radius 3 is 2.38 bits per heavy atom. The summed E-state index contributed by atoms with van der Waals surface area (Å²) in [5.74, 6) is 1.23. The van der Waals surface area contributed by atoms with E-state index in [1.54, 1.807) is 4.90 Å². The number of rotatable bonds is 2. The van der Waals surface area contributed by atoms with Gasteiger partial charge in [-0.1, -0.05) is 0 Å². The van der Waals surface area contributed by atoms with Crippen LogP contribution in [0.2, 0.25) is 0 Å². The van der Waals surface area contributed by atoms with Crippen LogP contribution in [0.5, 0.6) is 0 Å². The number of carbonyl (C=O) groups excluding carboxylic acids is 2. The van der Waals surface area contributed by atoms with E-state index in [1.807, 2.05) is 11.8 Å². The first-order valence-electron chi connectivity index (χ1n) is 4.04. The van der Waals surface area contributed by atoms with Gasteiger partial charge in [-0.05, 0) is 0 Å². The van der Waals surface area contributed by atoms with E-state index in [0.29, 0.717) is 0 Å². The molecule has 0 aromatic carbocycles. The van der Waals surface area contributed by atoms with Gasteiger partial charge in [0.05, 0.1) is 0 Å². The van der Waals surface area contributed by atoms with Gasteiger partial charge in [-0.3, -0.25) is 9.59 Å².